The van der Waals surface area contributed by atoms with Crippen LogP contribution in [-0.4, -0.2) is 35.4 Å². The Balaban J connectivity index is 2.12. The normalized spacial score (nSPS) is 10.3. The second-order valence-corrected chi connectivity index (χ2v) is 5.64. The zero-order chi connectivity index (χ0) is 16.7. The van der Waals surface area contributed by atoms with Crippen LogP contribution in [0.2, 0.25) is 0 Å². The van der Waals surface area contributed by atoms with E-state index in [1.807, 2.05) is 19.1 Å². The lowest BCUT2D eigenvalue weighted by atomic mass is 10.1. The molecule has 2 rings (SSSR count). The van der Waals surface area contributed by atoms with E-state index in [-0.39, 0.29) is 17.3 Å². The lowest BCUT2D eigenvalue weighted by Crippen LogP contribution is -2.11. The number of aromatic nitrogens is 2. The molecule has 1 heterocycles. The van der Waals surface area contributed by atoms with E-state index in [9.17, 15) is 9.59 Å². The van der Waals surface area contributed by atoms with Gasteiger partial charge in [-0.15, -0.1) is 0 Å². The molecule has 1 aromatic heterocycles. The minimum absolute atomic E-state index is 0.106. The largest absolute Gasteiger partial charge is 0.497 e. The summed E-state index contributed by atoms with van der Waals surface area (Å²) in [4.78, 5) is 30.3. The zero-order valence-electron chi connectivity index (χ0n) is 13.0. The Morgan fingerprint density at radius 1 is 1.30 bits per heavy atom. The molecule has 7 heteroatoms. The van der Waals surface area contributed by atoms with Gasteiger partial charge in [-0.1, -0.05) is 18.7 Å². The Kier molecular flexibility index (Phi) is 6.22. The van der Waals surface area contributed by atoms with Crippen molar-refractivity contribution in [1.29, 1.82) is 0 Å². The van der Waals surface area contributed by atoms with Crippen molar-refractivity contribution in [3.8, 4) is 17.0 Å². The van der Waals surface area contributed by atoms with Crippen LogP contribution in [0.3, 0.4) is 0 Å². The first-order chi connectivity index (χ1) is 11.1. The van der Waals surface area contributed by atoms with Crippen molar-refractivity contribution in [1.82, 2.24) is 9.97 Å². The molecule has 0 spiro atoms. The first-order valence-corrected chi connectivity index (χ1v) is 8.15. The summed E-state index contributed by atoms with van der Waals surface area (Å²) in [5, 5.41) is 0.386. The van der Waals surface area contributed by atoms with Crippen LogP contribution < -0.4 is 10.3 Å². The molecule has 0 aliphatic carbocycles. The predicted octanol–water partition coefficient (Wildman–Crippen LogP) is 2.49. The van der Waals surface area contributed by atoms with E-state index in [2.05, 4.69) is 9.97 Å². The van der Waals surface area contributed by atoms with Gasteiger partial charge in [-0.2, -0.15) is 0 Å². The van der Waals surface area contributed by atoms with Crippen LogP contribution in [0.1, 0.15) is 13.3 Å². The average molecular weight is 334 g/mol. The van der Waals surface area contributed by atoms with Crippen molar-refractivity contribution in [3.63, 3.8) is 0 Å². The third kappa shape index (κ3) is 5.14. The molecule has 0 radical (unpaired) electrons. The highest BCUT2D eigenvalue weighted by molar-refractivity contribution is 7.99. The molecule has 1 N–H and O–H groups in total. The minimum atomic E-state index is -0.325. The number of ether oxygens (including phenoxy) is 2. The Morgan fingerprint density at radius 3 is 2.70 bits per heavy atom. The van der Waals surface area contributed by atoms with Crippen molar-refractivity contribution in [2.75, 3.05) is 19.5 Å². The molecular formula is C16H18N2O4S. The summed E-state index contributed by atoms with van der Waals surface area (Å²) >= 11 is 1.14. The first-order valence-electron chi connectivity index (χ1n) is 7.16. The maximum absolute atomic E-state index is 11.8. The number of nitrogens with zero attached hydrogens (tertiary/aromatic N) is 1. The molecule has 0 saturated heterocycles. The van der Waals surface area contributed by atoms with E-state index in [0.29, 0.717) is 17.5 Å². The van der Waals surface area contributed by atoms with E-state index in [0.717, 1.165) is 29.5 Å². The number of rotatable bonds is 7. The minimum Gasteiger partial charge on any atom is -0.497 e. The fourth-order valence-corrected chi connectivity index (χ4v) is 2.47. The van der Waals surface area contributed by atoms with E-state index >= 15 is 0 Å². The van der Waals surface area contributed by atoms with Gasteiger partial charge in [0.2, 0.25) is 0 Å². The molecule has 0 atom stereocenters. The molecule has 2 aromatic rings. The average Bonchev–Trinajstić information content (AvgIpc) is 2.57. The number of H-pyrrole nitrogens is 1. The van der Waals surface area contributed by atoms with Gasteiger partial charge >= 0.3 is 5.97 Å². The van der Waals surface area contributed by atoms with Crippen molar-refractivity contribution in [3.05, 3.63) is 40.7 Å². The number of thioether (sulfide) groups is 1. The fraction of sp³-hybridized carbons (Fsp3) is 0.312. The maximum atomic E-state index is 11.8. The molecule has 122 valence electrons. The van der Waals surface area contributed by atoms with Gasteiger partial charge in [0, 0.05) is 11.6 Å². The monoisotopic (exact) mass is 334 g/mol. The van der Waals surface area contributed by atoms with Crippen LogP contribution in [0, 0.1) is 0 Å². The van der Waals surface area contributed by atoms with Crippen LogP contribution in [0.15, 0.2) is 40.3 Å². The maximum Gasteiger partial charge on any atom is 0.316 e. The molecule has 0 amide bonds. The molecule has 0 saturated carbocycles. The molecule has 6 nitrogen and oxygen atoms in total. The molecule has 0 aliphatic heterocycles. The van der Waals surface area contributed by atoms with Gasteiger partial charge in [-0.05, 0) is 30.7 Å². The Labute approximate surface area is 138 Å². The number of carbonyl (C=O) groups is 1. The van der Waals surface area contributed by atoms with E-state index in [1.165, 1.54) is 6.07 Å². The highest BCUT2D eigenvalue weighted by Crippen LogP contribution is 2.21. The van der Waals surface area contributed by atoms with E-state index in [1.54, 1.807) is 19.2 Å². The van der Waals surface area contributed by atoms with E-state index < -0.39 is 0 Å². The second kappa shape index (κ2) is 8.38. The first kappa shape index (κ1) is 17.1. The van der Waals surface area contributed by atoms with Gasteiger partial charge in [0.1, 0.15) is 5.75 Å². The van der Waals surface area contributed by atoms with Gasteiger partial charge in [0.15, 0.2) is 5.16 Å². The number of benzene rings is 1. The summed E-state index contributed by atoms with van der Waals surface area (Å²) in [7, 11) is 1.59. The number of esters is 1. The van der Waals surface area contributed by atoms with Crippen molar-refractivity contribution in [2.45, 2.75) is 18.5 Å². The SMILES string of the molecule is CCCOC(=O)CSc1nc(-c2ccc(OC)cc2)cc(=O)[nH]1. The zero-order valence-corrected chi connectivity index (χ0v) is 13.8. The summed E-state index contributed by atoms with van der Waals surface area (Å²) in [5.74, 6) is 0.510. The molecule has 0 unspecified atom stereocenters. The Hall–Kier alpha value is -2.28. The van der Waals surface area contributed by atoms with Gasteiger partial charge in [-0.3, -0.25) is 9.59 Å². The van der Waals surface area contributed by atoms with Crippen LogP contribution in [-0.2, 0) is 9.53 Å². The number of methoxy groups -OCH3 is 1. The highest BCUT2D eigenvalue weighted by atomic mass is 32.2. The molecule has 0 aliphatic rings. The number of aromatic amines is 1. The van der Waals surface area contributed by atoms with Gasteiger partial charge in [-0.25, -0.2) is 4.98 Å². The standard InChI is InChI=1S/C16H18N2O4S/c1-3-8-22-15(20)10-23-16-17-13(9-14(19)18-16)11-4-6-12(21-2)7-5-11/h4-7,9H,3,8,10H2,1-2H3,(H,17,18,19). The topological polar surface area (TPSA) is 81.3 Å². The van der Waals surface area contributed by atoms with Crippen molar-refractivity contribution < 1.29 is 14.3 Å². The van der Waals surface area contributed by atoms with E-state index in [4.69, 9.17) is 9.47 Å². The summed E-state index contributed by atoms with van der Waals surface area (Å²) < 4.78 is 10.1. The van der Waals surface area contributed by atoms with Crippen LogP contribution in [0.5, 0.6) is 5.75 Å². The summed E-state index contributed by atoms with van der Waals surface area (Å²) in [6.45, 7) is 2.33. The number of hydrogen-bond donors (Lipinski definition) is 1. The van der Waals surface area contributed by atoms with Crippen LogP contribution in [0.25, 0.3) is 11.3 Å². The Morgan fingerprint density at radius 2 is 2.04 bits per heavy atom. The number of nitrogens with one attached hydrogen (secondary N) is 1. The molecule has 23 heavy (non-hydrogen) atoms. The summed E-state index contributed by atoms with van der Waals surface area (Å²) in [5.41, 5.74) is 1.07. The third-order valence-electron chi connectivity index (χ3n) is 2.90. The second-order valence-electron chi connectivity index (χ2n) is 4.67. The van der Waals surface area contributed by atoms with Crippen LogP contribution >= 0.6 is 11.8 Å². The number of hydrogen-bond acceptors (Lipinski definition) is 6. The molecular weight excluding hydrogens is 316 g/mol. The quantitative estimate of drug-likeness (QED) is 0.476. The molecule has 0 fully saturated rings. The summed E-state index contributed by atoms with van der Waals surface area (Å²) in [6, 6.07) is 8.66. The van der Waals surface area contributed by atoms with Gasteiger partial charge < -0.3 is 14.5 Å². The Bertz CT molecular complexity index is 713. The molecule has 1 aromatic carbocycles. The molecule has 0 bridgehead atoms. The van der Waals surface area contributed by atoms with Gasteiger partial charge in [0.25, 0.3) is 5.56 Å². The number of carbonyl (C=O) groups excluding carboxylic acids is 1. The van der Waals surface area contributed by atoms with Gasteiger partial charge in [0.05, 0.1) is 25.2 Å². The fourth-order valence-electron chi connectivity index (χ4n) is 1.80. The lowest BCUT2D eigenvalue weighted by Gasteiger charge is -2.06. The van der Waals surface area contributed by atoms with Crippen molar-refractivity contribution >= 4 is 17.7 Å². The van der Waals surface area contributed by atoms with Crippen LogP contribution in [0.4, 0.5) is 0 Å². The van der Waals surface area contributed by atoms with Crippen molar-refractivity contribution in [2.24, 2.45) is 0 Å². The predicted molar refractivity (Wildman–Crippen MR) is 88.8 cm³/mol. The smallest absolute Gasteiger partial charge is 0.316 e. The third-order valence-corrected chi connectivity index (χ3v) is 3.75. The lowest BCUT2D eigenvalue weighted by molar-refractivity contribution is -0.140. The summed E-state index contributed by atoms with van der Waals surface area (Å²) in [6.07, 6.45) is 0.776. The highest BCUT2D eigenvalue weighted by Gasteiger charge is 2.08.